The number of thioether (sulfide) groups is 1. The predicted octanol–water partition coefficient (Wildman–Crippen LogP) is 3.77. The first-order valence-corrected chi connectivity index (χ1v) is 9.00. The molecule has 2 heterocycles. The van der Waals surface area contributed by atoms with E-state index in [0.29, 0.717) is 5.92 Å². The second kappa shape index (κ2) is 6.86. The zero-order valence-corrected chi connectivity index (χ0v) is 13.2. The molecule has 1 aromatic carbocycles. The highest BCUT2D eigenvalue weighted by Gasteiger charge is 2.22. The van der Waals surface area contributed by atoms with Crippen LogP contribution in [-0.4, -0.2) is 31.7 Å². The summed E-state index contributed by atoms with van der Waals surface area (Å²) in [5.74, 6) is 5.16. The van der Waals surface area contributed by atoms with Crippen molar-refractivity contribution in [1.29, 1.82) is 0 Å². The van der Waals surface area contributed by atoms with Crippen LogP contribution in [0.15, 0.2) is 18.2 Å². The maximum absolute atomic E-state index is 5.62. The van der Waals surface area contributed by atoms with Crippen molar-refractivity contribution in [1.82, 2.24) is 5.32 Å². The molecule has 2 nitrogen and oxygen atoms in total. The molecule has 0 radical (unpaired) electrons. The highest BCUT2D eigenvalue weighted by Crippen LogP contribution is 2.38. The van der Waals surface area contributed by atoms with Crippen LogP contribution in [-0.2, 0) is 0 Å². The van der Waals surface area contributed by atoms with Gasteiger partial charge in [0, 0.05) is 0 Å². The lowest BCUT2D eigenvalue weighted by Crippen LogP contribution is -2.27. The lowest BCUT2D eigenvalue weighted by molar-refractivity contribution is 0.391. The largest absolute Gasteiger partial charge is 0.496 e. The quantitative estimate of drug-likeness (QED) is 0.916. The lowest BCUT2D eigenvalue weighted by Gasteiger charge is -2.27. The monoisotopic (exact) mass is 291 g/mol. The fraction of sp³-hybridized carbons (Fsp3) is 0.647. The lowest BCUT2D eigenvalue weighted by atomic mass is 9.85. The maximum Gasteiger partial charge on any atom is 0.122 e. The van der Waals surface area contributed by atoms with Crippen LogP contribution < -0.4 is 10.1 Å². The van der Waals surface area contributed by atoms with Gasteiger partial charge in [-0.3, -0.25) is 0 Å². The van der Waals surface area contributed by atoms with Gasteiger partial charge in [0.15, 0.2) is 0 Å². The van der Waals surface area contributed by atoms with Crippen molar-refractivity contribution < 1.29 is 4.74 Å². The molecule has 2 aliphatic rings. The average Bonchev–Trinajstić information content (AvgIpc) is 2.56. The van der Waals surface area contributed by atoms with E-state index in [9.17, 15) is 0 Å². The van der Waals surface area contributed by atoms with Gasteiger partial charge in [-0.25, -0.2) is 0 Å². The first-order valence-electron chi connectivity index (χ1n) is 7.85. The fourth-order valence-corrected chi connectivity index (χ4v) is 4.60. The Bertz CT molecular complexity index is 437. The molecule has 110 valence electrons. The van der Waals surface area contributed by atoms with Crippen LogP contribution in [0, 0.1) is 0 Å². The van der Waals surface area contributed by atoms with Crippen molar-refractivity contribution in [3.8, 4) is 5.75 Å². The van der Waals surface area contributed by atoms with Gasteiger partial charge in [-0.05, 0) is 79.3 Å². The molecule has 2 saturated heterocycles. The van der Waals surface area contributed by atoms with E-state index < -0.39 is 0 Å². The molecule has 3 heteroatoms. The maximum atomic E-state index is 5.62. The summed E-state index contributed by atoms with van der Waals surface area (Å²) in [7, 11) is 1.80. The number of ether oxygens (including phenoxy) is 1. The van der Waals surface area contributed by atoms with E-state index in [1.54, 1.807) is 12.7 Å². The van der Waals surface area contributed by atoms with Crippen LogP contribution in [0.2, 0.25) is 0 Å². The van der Waals surface area contributed by atoms with Crippen LogP contribution in [0.25, 0.3) is 0 Å². The number of hydrogen-bond acceptors (Lipinski definition) is 3. The number of nitrogens with one attached hydrogen (secondary N) is 1. The molecular formula is C17H25NOS. The Hall–Kier alpha value is -0.670. The van der Waals surface area contributed by atoms with Crippen LogP contribution in [0.5, 0.6) is 5.75 Å². The molecule has 2 fully saturated rings. The van der Waals surface area contributed by atoms with Crippen molar-refractivity contribution in [2.24, 2.45) is 0 Å². The van der Waals surface area contributed by atoms with Gasteiger partial charge in [0.1, 0.15) is 5.75 Å². The van der Waals surface area contributed by atoms with E-state index in [1.165, 1.54) is 42.8 Å². The molecule has 0 bridgehead atoms. The summed E-state index contributed by atoms with van der Waals surface area (Å²) in [6.45, 7) is 2.27. The Morgan fingerprint density at radius 3 is 2.50 bits per heavy atom. The summed E-state index contributed by atoms with van der Waals surface area (Å²) in [4.78, 5) is 0. The molecule has 0 saturated carbocycles. The van der Waals surface area contributed by atoms with E-state index in [0.717, 1.165) is 24.8 Å². The Kier molecular flexibility index (Phi) is 4.90. The fourth-order valence-electron chi connectivity index (χ4n) is 3.49. The summed E-state index contributed by atoms with van der Waals surface area (Å²) in [5.41, 5.74) is 2.99. The number of piperidine rings is 1. The molecule has 2 aliphatic heterocycles. The van der Waals surface area contributed by atoms with Gasteiger partial charge in [-0.1, -0.05) is 12.1 Å². The Morgan fingerprint density at radius 2 is 1.80 bits per heavy atom. The van der Waals surface area contributed by atoms with Crippen LogP contribution >= 0.6 is 11.8 Å². The summed E-state index contributed by atoms with van der Waals surface area (Å²) in [6.07, 6.45) is 5.14. The number of methoxy groups -OCH3 is 1. The van der Waals surface area contributed by atoms with Gasteiger partial charge in [0.25, 0.3) is 0 Å². The molecule has 1 aromatic rings. The second-order valence-electron chi connectivity index (χ2n) is 5.91. The second-order valence-corrected chi connectivity index (χ2v) is 7.14. The first-order chi connectivity index (χ1) is 9.88. The van der Waals surface area contributed by atoms with Gasteiger partial charge in [0.2, 0.25) is 0 Å². The summed E-state index contributed by atoms with van der Waals surface area (Å²) < 4.78 is 5.62. The van der Waals surface area contributed by atoms with E-state index in [-0.39, 0.29) is 0 Å². The molecule has 3 rings (SSSR count). The van der Waals surface area contributed by atoms with Gasteiger partial charge in [-0.15, -0.1) is 0 Å². The minimum atomic E-state index is 0.670. The molecule has 1 N–H and O–H groups in total. The van der Waals surface area contributed by atoms with Crippen LogP contribution in [0.3, 0.4) is 0 Å². The molecule has 0 aliphatic carbocycles. The van der Waals surface area contributed by atoms with E-state index in [4.69, 9.17) is 4.74 Å². The van der Waals surface area contributed by atoms with Crippen LogP contribution in [0.1, 0.15) is 48.6 Å². The van der Waals surface area contributed by atoms with Crippen molar-refractivity contribution in [2.45, 2.75) is 37.5 Å². The molecule has 0 atom stereocenters. The average molecular weight is 291 g/mol. The summed E-state index contributed by atoms with van der Waals surface area (Å²) in [6, 6.07) is 6.95. The van der Waals surface area contributed by atoms with E-state index in [1.807, 2.05) is 0 Å². The predicted molar refractivity (Wildman–Crippen MR) is 87.1 cm³/mol. The van der Waals surface area contributed by atoms with Gasteiger partial charge < -0.3 is 10.1 Å². The van der Waals surface area contributed by atoms with Crippen molar-refractivity contribution >= 4 is 11.8 Å². The van der Waals surface area contributed by atoms with Gasteiger partial charge in [-0.2, -0.15) is 11.8 Å². The summed E-state index contributed by atoms with van der Waals surface area (Å²) in [5, 5.41) is 3.46. The molecular weight excluding hydrogens is 266 g/mol. The van der Waals surface area contributed by atoms with Crippen molar-refractivity contribution in [2.75, 3.05) is 31.7 Å². The topological polar surface area (TPSA) is 21.3 Å². The molecule has 0 amide bonds. The Balaban J connectivity index is 1.85. The highest BCUT2D eigenvalue weighted by molar-refractivity contribution is 7.99. The van der Waals surface area contributed by atoms with Gasteiger partial charge in [0.05, 0.1) is 7.11 Å². The molecule has 20 heavy (non-hydrogen) atoms. The molecule has 0 spiro atoms. The summed E-state index contributed by atoms with van der Waals surface area (Å²) >= 11 is 2.10. The zero-order chi connectivity index (χ0) is 13.8. The van der Waals surface area contributed by atoms with Crippen LogP contribution in [0.4, 0.5) is 0 Å². The minimum Gasteiger partial charge on any atom is -0.496 e. The number of benzene rings is 1. The third kappa shape index (κ3) is 3.15. The third-order valence-electron chi connectivity index (χ3n) is 4.73. The SMILES string of the molecule is COc1ccc(C2CCSCC2)cc1C1CCNCC1. The normalized spacial score (nSPS) is 21.9. The minimum absolute atomic E-state index is 0.670. The standard InChI is InChI=1S/C17H25NOS/c1-19-17-3-2-15(13-6-10-20-11-7-13)12-16(17)14-4-8-18-9-5-14/h2-3,12-14,18H,4-11H2,1H3. The molecule has 0 unspecified atom stereocenters. The van der Waals surface area contributed by atoms with E-state index in [2.05, 4.69) is 35.3 Å². The van der Waals surface area contributed by atoms with Crippen molar-refractivity contribution in [3.63, 3.8) is 0 Å². The Labute approximate surface area is 126 Å². The zero-order valence-electron chi connectivity index (χ0n) is 12.4. The molecule has 0 aromatic heterocycles. The number of rotatable bonds is 3. The third-order valence-corrected chi connectivity index (χ3v) is 5.77. The van der Waals surface area contributed by atoms with Gasteiger partial charge >= 0.3 is 0 Å². The number of hydrogen-bond donors (Lipinski definition) is 1. The Morgan fingerprint density at radius 1 is 1.05 bits per heavy atom. The van der Waals surface area contributed by atoms with Crippen molar-refractivity contribution in [3.05, 3.63) is 29.3 Å². The first kappa shape index (κ1) is 14.3. The smallest absolute Gasteiger partial charge is 0.122 e. The highest BCUT2D eigenvalue weighted by atomic mass is 32.2. The van der Waals surface area contributed by atoms with E-state index >= 15 is 0 Å².